The van der Waals surface area contributed by atoms with Crippen molar-refractivity contribution in [2.45, 2.75) is 31.3 Å². The van der Waals surface area contributed by atoms with E-state index in [-0.39, 0.29) is 11.0 Å². The molecule has 2 N–H and O–H groups in total. The highest BCUT2D eigenvalue weighted by atomic mass is 32.2. The van der Waals surface area contributed by atoms with Crippen molar-refractivity contribution in [1.82, 2.24) is 14.9 Å². The van der Waals surface area contributed by atoms with Crippen molar-refractivity contribution in [1.29, 1.82) is 0 Å². The molecule has 0 aliphatic rings. The first kappa shape index (κ1) is 17.1. The molecule has 0 radical (unpaired) electrons. The molecule has 0 saturated heterocycles. The highest BCUT2D eigenvalue weighted by Gasteiger charge is 2.22. The van der Waals surface area contributed by atoms with Gasteiger partial charge in [-0.3, -0.25) is 9.00 Å². The summed E-state index contributed by atoms with van der Waals surface area (Å²) >= 11 is 1.29. The molecule has 0 saturated carbocycles. The molecule has 18 heavy (non-hydrogen) atoms. The van der Waals surface area contributed by atoms with Gasteiger partial charge in [0.05, 0.1) is 0 Å². The molecule has 0 spiro atoms. The smallest absolute Gasteiger partial charge is 0.295 e. The Morgan fingerprint density at radius 1 is 1.28 bits per heavy atom. The zero-order chi connectivity index (χ0) is 14.5. The Balaban J connectivity index is 0.000000631. The van der Waals surface area contributed by atoms with Gasteiger partial charge in [0.15, 0.2) is 0 Å². The summed E-state index contributed by atoms with van der Waals surface area (Å²) in [4.78, 5) is 11.7. The first-order chi connectivity index (χ1) is 8.11. The lowest BCUT2D eigenvalue weighted by Crippen LogP contribution is -2.37. The van der Waals surface area contributed by atoms with Gasteiger partial charge in [0, 0.05) is 28.7 Å². The van der Waals surface area contributed by atoms with Crippen LogP contribution < -0.4 is 11.4 Å². The fourth-order valence-electron chi connectivity index (χ4n) is 0.995. The summed E-state index contributed by atoms with van der Waals surface area (Å²) in [7, 11) is -0.611. The molecule has 1 heterocycles. The Labute approximate surface area is 114 Å². The van der Waals surface area contributed by atoms with Gasteiger partial charge in [-0.25, -0.2) is 0 Å². The van der Waals surface area contributed by atoms with Crippen molar-refractivity contribution in [3.8, 4) is 0 Å². The van der Waals surface area contributed by atoms with Crippen LogP contribution >= 0.6 is 11.8 Å². The third-order valence-corrected chi connectivity index (χ3v) is 2.40. The van der Waals surface area contributed by atoms with E-state index in [1.807, 2.05) is 20.8 Å². The summed E-state index contributed by atoms with van der Waals surface area (Å²) in [6, 6.07) is 0. The molecule has 0 atom stereocenters. The average molecular weight is 292 g/mol. The Kier molecular flexibility index (Phi) is 6.55. The zero-order valence-corrected chi connectivity index (χ0v) is 13.2. The Morgan fingerprint density at radius 2 is 1.72 bits per heavy atom. The maximum atomic E-state index is 11.7. The maximum absolute atomic E-state index is 11.7. The molecule has 6 nitrogen and oxygen atoms in total. The van der Waals surface area contributed by atoms with Gasteiger partial charge < -0.3 is 5.84 Å². The van der Waals surface area contributed by atoms with Gasteiger partial charge in [-0.2, -0.15) is 4.68 Å². The van der Waals surface area contributed by atoms with Crippen molar-refractivity contribution in [2.24, 2.45) is 0 Å². The number of nitrogen functional groups attached to an aromatic ring is 1. The highest BCUT2D eigenvalue weighted by molar-refractivity contribution is 7.98. The third kappa shape index (κ3) is 5.18. The Bertz CT molecular complexity index is 476. The van der Waals surface area contributed by atoms with Crippen LogP contribution in [0.5, 0.6) is 0 Å². The first-order valence-electron chi connectivity index (χ1n) is 5.15. The van der Waals surface area contributed by atoms with Crippen LogP contribution in [0.2, 0.25) is 0 Å². The minimum absolute atomic E-state index is 0.281. The van der Waals surface area contributed by atoms with Crippen LogP contribution in [0.25, 0.3) is 0 Å². The number of thioether (sulfide) groups is 1. The topological polar surface area (TPSA) is 90.9 Å². The molecule has 1 rings (SSSR count). The summed E-state index contributed by atoms with van der Waals surface area (Å²) < 4.78 is 10.6. The van der Waals surface area contributed by atoms with E-state index < -0.39 is 10.8 Å². The normalized spacial score (nSPS) is 11.1. The van der Waals surface area contributed by atoms with Crippen molar-refractivity contribution < 1.29 is 4.21 Å². The second-order valence-corrected chi connectivity index (χ2v) is 6.96. The molecule has 0 bridgehead atoms. The molecule has 0 unspecified atom stereocenters. The summed E-state index contributed by atoms with van der Waals surface area (Å²) in [5.74, 6) is 5.57. The lowest BCUT2D eigenvalue weighted by Gasteiger charge is -2.16. The van der Waals surface area contributed by atoms with Gasteiger partial charge in [0.1, 0.15) is 5.69 Å². The summed E-state index contributed by atoms with van der Waals surface area (Å²) in [5, 5.41) is 8.19. The van der Waals surface area contributed by atoms with Crippen molar-refractivity contribution in [2.75, 3.05) is 24.6 Å². The summed E-state index contributed by atoms with van der Waals surface area (Å²) in [6.45, 7) is 5.70. The summed E-state index contributed by atoms with van der Waals surface area (Å²) in [6.07, 6.45) is 5.07. The zero-order valence-electron chi connectivity index (χ0n) is 11.6. The molecule has 104 valence electrons. The number of aromatic nitrogens is 3. The van der Waals surface area contributed by atoms with E-state index in [2.05, 4.69) is 10.2 Å². The Morgan fingerprint density at radius 3 is 2.06 bits per heavy atom. The highest BCUT2D eigenvalue weighted by Crippen LogP contribution is 2.16. The average Bonchev–Trinajstić information content (AvgIpc) is 2.19. The van der Waals surface area contributed by atoms with Gasteiger partial charge in [0.25, 0.3) is 5.56 Å². The molecular formula is C10H20N4O2S2. The number of rotatable bonds is 1. The van der Waals surface area contributed by atoms with E-state index in [0.29, 0.717) is 10.9 Å². The molecule has 1 aromatic rings. The quantitative estimate of drug-likeness (QED) is 0.594. The molecule has 0 amide bonds. The largest absolute Gasteiger partial charge is 0.334 e. The Hall–Kier alpha value is -0.890. The molecular weight excluding hydrogens is 272 g/mol. The maximum Gasteiger partial charge on any atom is 0.295 e. The molecule has 0 fully saturated rings. The van der Waals surface area contributed by atoms with E-state index in [0.717, 1.165) is 4.68 Å². The number of hydrogen-bond acceptors (Lipinski definition) is 6. The third-order valence-electron chi connectivity index (χ3n) is 1.76. The second kappa shape index (κ2) is 6.89. The van der Waals surface area contributed by atoms with Crippen LogP contribution in [0.3, 0.4) is 0 Å². The SMILES string of the molecule is CS(C)=O.CSc1nnc(C(C)(C)C)c(=O)n1N. The van der Waals surface area contributed by atoms with Crippen LogP contribution in [0.1, 0.15) is 26.5 Å². The summed E-state index contributed by atoms with van der Waals surface area (Å²) in [5.41, 5.74) is -0.225. The number of nitrogens with two attached hydrogens (primary N) is 1. The minimum atomic E-state index is -0.611. The van der Waals surface area contributed by atoms with Gasteiger partial charge in [0.2, 0.25) is 5.16 Å². The van der Waals surface area contributed by atoms with E-state index in [1.54, 1.807) is 18.8 Å². The lowest BCUT2D eigenvalue weighted by atomic mass is 9.93. The van der Waals surface area contributed by atoms with Crippen molar-refractivity contribution in [3.63, 3.8) is 0 Å². The molecule has 1 aromatic heterocycles. The standard InChI is InChI=1S/C8H14N4OS.C2H6OS/c1-8(2,3)5-6(13)12(9)7(14-4)11-10-5;1-4(2)3/h9H2,1-4H3;1-2H3. The monoisotopic (exact) mass is 292 g/mol. The van der Waals surface area contributed by atoms with E-state index >= 15 is 0 Å². The van der Waals surface area contributed by atoms with Crippen molar-refractivity contribution >= 4 is 22.6 Å². The molecule has 8 heteroatoms. The molecule has 0 aliphatic heterocycles. The van der Waals surface area contributed by atoms with Crippen LogP contribution in [-0.4, -0.2) is 37.8 Å². The predicted octanol–water partition coefficient (Wildman–Crippen LogP) is 0.366. The molecule has 0 aliphatic carbocycles. The van der Waals surface area contributed by atoms with Crippen LogP contribution in [0.15, 0.2) is 9.95 Å². The fraction of sp³-hybridized carbons (Fsp3) is 0.700. The van der Waals surface area contributed by atoms with Gasteiger partial charge in [-0.1, -0.05) is 32.5 Å². The van der Waals surface area contributed by atoms with E-state index in [9.17, 15) is 9.00 Å². The van der Waals surface area contributed by atoms with E-state index in [4.69, 9.17) is 5.84 Å². The number of nitrogens with zero attached hydrogens (tertiary/aromatic N) is 3. The van der Waals surface area contributed by atoms with Crippen LogP contribution in [0, 0.1) is 0 Å². The van der Waals surface area contributed by atoms with Crippen LogP contribution in [0.4, 0.5) is 0 Å². The van der Waals surface area contributed by atoms with Crippen molar-refractivity contribution in [3.05, 3.63) is 16.0 Å². The lowest BCUT2D eigenvalue weighted by molar-refractivity contribution is 0.520. The minimum Gasteiger partial charge on any atom is -0.334 e. The van der Waals surface area contributed by atoms with Crippen LogP contribution in [-0.2, 0) is 16.2 Å². The second-order valence-electron chi connectivity index (χ2n) is 4.70. The number of hydrogen-bond donors (Lipinski definition) is 1. The van der Waals surface area contributed by atoms with Gasteiger partial charge in [-0.05, 0) is 6.26 Å². The fourth-order valence-corrected chi connectivity index (χ4v) is 1.40. The predicted molar refractivity (Wildman–Crippen MR) is 76.9 cm³/mol. The van der Waals surface area contributed by atoms with Gasteiger partial charge >= 0.3 is 0 Å². The van der Waals surface area contributed by atoms with Gasteiger partial charge in [-0.15, -0.1) is 10.2 Å². The molecule has 0 aromatic carbocycles. The van der Waals surface area contributed by atoms with E-state index in [1.165, 1.54) is 11.8 Å². The first-order valence-corrected chi connectivity index (χ1v) is 8.34.